The van der Waals surface area contributed by atoms with Crippen molar-refractivity contribution >= 4 is 23.4 Å². The second-order valence-corrected chi connectivity index (χ2v) is 7.58. The monoisotopic (exact) mass is 398 g/mol. The third kappa shape index (κ3) is 4.25. The van der Waals surface area contributed by atoms with Crippen molar-refractivity contribution in [2.45, 2.75) is 39.4 Å². The molecule has 146 valence electrons. The molecule has 0 fully saturated rings. The van der Waals surface area contributed by atoms with E-state index in [0.717, 1.165) is 16.8 Å². The zero-order chi connectivity index (χ0) is 20.3. The molecule has 0 saturated carbocycles. The van der Waals surface area contributed by atoms with Gasteiger partial charge in [0.25, 0.3) is 0 Å². The van der Waals surface area contributed by atoms with Gasteiger partial charge < -0.3 is 9.88 Å². The quantitative estimate of drug-likeness (QED) is 0.608. The molecule has 1 N–H and O–H groups in total. The molecular formula is C21H23FN4OS. The number of nitrogens with zero attached hydrogens (tertiary/aromatic N) is 3. The predicted octanol–water partition coefficient (Wildman–Crippen LogP) is 4.76. The highest BCUT2D eigenvalue weighted by Gasteiger charge is 2.17. The van der Waals surface area contributed by atoms with Gasteiger partial charge in [0.05, 0.1) is 11.3 Å². The molecule has 0 saturated heterocycles. The summed E-state index contributed by atoms with van der Waals surface area (Å²) in [5.41, 5.74) is 4.49. The number of thioether (sulfide) groups is 1. The van der Waals surface area contributed by atoms with Gasteiger partial charge in [-0.25, -0.2) is 4.39 Å². The summed E-state index contributed by atoms with van der Waals surface area (Å²) in [5.74, 6) is 0.207. The standard InChI is InChI=1S/C21H23FN4OS/c1-5-26-20(16-8-6-7-9-17(16)22)24-25-21(26)28-12-18(27)23-19-14(3)10-13(2)11-15(19)4/h6-11H,5,12H2,1-4H3,(H,23,27). The molecular weight excluding hydrogens is 375 g/mol. The maximum absolute atomic E-state index is 14.1. The maximum atomic E-state index is 14.1. The number of carbonyl (C=O) groups excluding carboxylic acids is 1. The first-order chi connectivity index (χ1) is 13.4. The fraction of sp³-hybridized carbons (Fsp3) is 0.286. The maximum Gasteiger partial charge on any atom is 0.234 e. The van der Waals surface area contributed by atoms with E-state index in [1.807, 2.05) is 44.4 Å². The number of rotatable bonds is 6. The van der Waals surface area contributed by atoms with E-state index in [0.29, 0.717) is 23.1 Å². The number of benzene rings is 2. The minimum absolute atomic E-state index is 0.113. The highest BCUT2D eigenvalue weighted by atomic mass is 32.2. The van der Waals surface area contributed by atoms with Crippen LogP contribution in [0.3, 0.4) is 0 Å². The van der Waals surface area contributed by atoms with Gasteiger partial charge in [-0.15, -0.1) is 10.2 Å². The Bertz CT molecular complexity index is 992. The molecule has 3 rings (SSSR count). The Balaban J connectivity index is 1.73. The van der Waals surface area contributed by atoms with Crippen LogP contribution in [0.1, 0.15) is 23.6 Å². The van der Waals surface area contributed by atoms with Crippen LogP contribution in [-0.4, -0.2) is 26.4 Å². The molecule has 5 nitrogen and oxygen atoms in total. The van der Waals surface area contributed by atoms with Crippen molar-refractivity contribution in [2.24, 2.45) is 0 Å². The summed E-state index contributed by atoms with van der Waals surface area (Å²) >= 11 is 1.29. The molecule has 3 aromatic rings. The van der Waals surface area contributed by atoms with Crippen LogP contribution in [0.15, 0.2) is 41.6 Å². The summed E-state index contributed by atoms with van der Waals surface area (Å²) in [5, 5.41) is 11.9. The van der Waals surface area contributed by atoms with E-state index < -0.39 is 0 Å². The molecule has 2 aromatic carbocycles. The Morgan fingerprint density at radius 2 is 1.82 bits per heavy atom. The van der Waals surface area contributed by atoms with E-state index in [-0.39, 0.29) is 17.5 Å². The minimum Gasteiger partial charge on any atom is -0.325 e. The lowest BCUT2D eigenvalue weighted by Crippen LogP contribution is -2.16. The minimum atomic E-state index is -0.343. The molecule has 1 amide bonds. The van der Waals surface area contributed by atoms with Crippen molar-refractivity contribution in [2.75, 3.05) is 11.1 Å². The molecule has 0 spiro atoms. The average molecular weight is 399 g/mol. The summed E-state index contributed by atoms with van der Waals surface area (Å²) in [6.07, 6.45) is 0. The van der Waals surface area contributed by atoms with Gasteiger partial charge in [0, 0.05) is 12.2 Å². The van der Waals surface area contributed by atoms with Crippen molar-refractivity contribution in [1.29, 1.82) is 0 Å². The molecule has 0 unspecified atom stereocenters. The zero-order valence-corrected chi connectivity index (χ0v) is 17.2. The van der Waals surface area contributed by atoms with Gasteiger partial charge in [-0.3, -0.25) is 4.79 Å². The Morgan fingerprint density at radius 3 is 2.46 bits per heavy atom. The lowest BCUT2D eigenvalue weighted by Gasteiger charge is -2.13. The molecule has 7 heteroatoms. The Morgan fingerprint density at radius 1 is 1.14 bits per heavy atom. The van der Waals surface area contributed by atoms with E-state index in [9.17, 15) is 9.18 Å². The number of aromatic nitrogens is 3. The van der Waals surface area contributed by atoms with E-state index in [1.165, 1.54) is 23.4 Å². The van der Waals surface area contributed by atoms with Gasteiger partial charge in [0.1, 0.15) is 5.82 Å². The first-order valence-electron chi connectivity index (χ1n) is 9.09. The molecule has 0 aliphatic rings. The van der Waals surface area contributed by atoms with Crippen molar-refractivity contribution in [3.63, 3.8) is 0 Å². The number of anilines is 1. The highest BCUT2D eigenvalue weighted by molar-refractivity contribution is 7.99. The van der Waals surface area contributed by atoms with E-state index in [2.05, 4.69) is 15.5 Å². The van der Waals surface area contributed by atoms with E-state index in [4.69, 9.17) is 0 Å². The van der Waals surface area contributed by atoms with Crippen LogP contribution in [0.25, 0.3) is 11.4 Å². The van der Waals surface area contributed by atoms with Gasteiger partial charge in [0.2, 0.25) is 5.91 Å². The second kappa shape index (κ2) is 8.56. The van der Waals surface area contributed by atoms with Gasteiger partial charge in [-0.05, 0) is 51.0 Å². The number of amides is 1. The molecule has 0 aliphatic heterocycles. The number of aryl methyl sites for hydroxylation is 3. The number of halogens is 1. The van der Waals surface area contributed by atoms with Crippen molar-refractivity contribution < 1.29 is 9.18 Å². The number of carbonyl (C=O) groups is 1. The molecule has 1 aromatic heterocycles. The predicted molar refractivity (Wildman–Crippen MR) is 111 cm³/mol. The topological polar surface area (TPSA) is 59.8 Å². The summed E-state index contributed by atoms with van der Waals surface area (Å²) in [4.78, 5) is 12.5. The second-order valence-electron chi connectivity index (χ2n) is 6.64. The fourth-order valence-electron chi connectivity index (χ4n) is 3.21. The fourth-order valence-corrected chi connectivity index (χ4v) is 4.01. The Kier molecular flexibility index (Phi) is 6.14. The van der Waals surface area contributed by atoms with Crippen LogP contribution in [-0.2, 0) is 11.3 Å². The molecule has 0 aliphatic carbocycles. The van der Waals surface area contributed by atoms with Crippen LogP contribution in [0.2, 0.25) is 0 Å². The SMILES string of the molecule is CCn1c(SCC(=O)Nc2c(C)cc(C)cc2C)nnc1-c1ccccc1F. The van der Waals surface area contributed by atoms with Crippen LogP contribution in [0, 0.1) is 26.6 Å². The Hall–Kier alpha value is -2.67. The normalized spacial score (nSPS) is 10.9. The summed E-state index contributed by atoms with van der Waals surface area (Å²) in [6, 6.07) is 10.6. The van der Waals surface area contributed by atoms with Crippen LogP contribution < -0.4 is 5.32 Å². The largest absolute Gasteiger partial charge is 0.325 e. The third-order valence-corrected chi connectivity index (χ3v) is 5.39. The van der Waals surface area contributed by atoms with Gasteiger partial charge in [0.15, 0.2) is 11.0 Å². The van der Waals surface area contributed by atoms with Crippen LogP contribution in [0.5, 0.6) is 0 Å². The molecule has 0 atom stereocenters. The summed E-state index contributed by atoms with van der Waals surface area (Å²) < 4.78 is 15.9. The third-order valence-electron chi connectivity index (χ3n) is 4.42. The van der Waals surface area contributed by atoms with Gasteiger partial charge >= 0.3 is 0 Å². The average Bonchev–Trinajstić information content (AvgIpc) is 3.06. The Labute approximate surface area is 168 Å². The molecule has 0 radical (unpaired) electrons. The first-order valence-corrected chi connectivity index (χ1v) is 10.1. The first kappa shape index (κ1) is 20.1. The summed E-state index contributed by atoms with van der Waals surface area (Å²) in [7, 11) is 0. The van der Waals surface area contributed by atoms with E-state index >= 15 is 0 Å². The molecule has 28 heavy (non-hydrogen) atoms. The summed E-state index contributed by atoms with van der Waals surface area (Å²) in [6.45, 7) is 8.52. The van der Waals surface area contributed by atoms with Gasteiger partial charge in [-0.1, -0.05) is 41.6 Å². The van der Waals surface area contributed by atoms with E-state index in [1.54, 1.807) is 18.2 Å². The van der Waals surface area contributed by atoms with Crippen molar-refractivity contribution in [1.82, 2.24) is 14.8 Å². The van der Waals surface area contributed by atoms with Crippen molar-refractivity contribution in [3.05, 3.63) is 58.9 Å². The lowest BCUT2D eigenvalue weighted by molar-refractivity contribution is -0.113. The molecule has 1 heterocycles. The van der Waals surface area contributed by atoms with Crippen molar-refractivity contribution in [3.8, 4) is 11.4 Å². The number of hydrogen-bond acceptors (Lipinski definition) is 4. The zero-order valence-electron chi connectivity index (χ0n) is 16.4. The number of hydrogen-bond donors (Lipinski definition) is 1. The van der Waals surface area contributed by atoms with Crippen LogP contribution in [0.4, 0.5) is 10.1 Å². The lowest BCUT2D eigenvalue weighted by atomic mass is 10.1. The van der Waals surface area contributed by atoms with Crippen LogP contribution >= 0.6 is 11.8 Å². The van der Waals surface area contributed by atoms with Gasteiger partial charge in [-0.2, -0.15) is 0 Å². The highest BCUT2D eigenvalue weighted by Crippen LogP contribution is 2.26. The molecule has 0 bridgehead atoms. The number of nitrogens with one attached hydrogen (secondary N) is 1. The smallest absolute Gasteiger partial charge is 0.234 e.